The van der Waals surface area contributed by atoms with E-state index in [1.165, 1.54) is 0 Å². The fourth-order valence-electron chi connectivity index (χ4n) is 2.12. The molecule has 0 aliphatic rings. The number of carbonyl (C=O) groups is 2. The number of carbonyl (C=O) groups excluding carboxylic acids is 2. The molecule has 6 N–H and O–H groups in total. The van der Waals surface area contributed by atoms with E-state index in [4.69, 9.17) is 18.6 Å². The minimum absolute atomic E-state index is 0. The summed E-state index contributed by atoms with van der Waals surface area (Å²) in [6.07, 6.45) is -8.86. The number of nitrogens with two attached hydrogens (primary N) is 3. The van der Waals surface area contributed by atoms with Crippen molar-refractivity contribution in [2.45, 2.75) is 24.4 Å². The lowest BCUT2D eigenvalue weighted by atomic mass is 10.1. The van der Waals surface area contributed by atoms with Gasteiger partial charge >= 0.3 is 18.3 Å². The van der Waals surface area contributed by atoms with Gasteiger partial charge in [-0.05, 0) is 35.4 Å². The Bertz CT molecular complexity index is 934. The highest BCUT2D eigenvalue weighted by molar-refractivity contribution is 5.85. The number of esters is 1. The molecule has 178 valence electrons. The van der Waals surface area contributed by atoms with Crippen LogP contribution in [0.3, 0.4) is 0 Å². The number of benzene rings is 2. The first-order valence-corrected chi connectivity index (χ1v) is 8.29. The highest BCUT2D eigenvalue weighted by Crippen LogP contribution is 2.30. The van der Waals surface area contributed by atoms with Gasteiger partial charge in [0.15, 0.2) is 0 Å². The van der Waals surface area contributed by atoms with Crippen molar-refractivity contribution in [2.75, 3.05) is 7.11 Å². The van der Waals surface area contributed by atoms with Gasteiger partial charge in [0.2, 0.25) is 5.91 Å². The van der Waals surface area contributed by atoms with E-state index in [0.29, 0.717) is 0 Å². The summed E-state index contributed by atoms with van der Waals surface area (Å²) in [4.78, 5) is 21.8. The fraction of sp³-hybridized carbons (Fsp3) is 0.263. The van der Waals surface area contributed by atoms with Crippen LogP contribution in [0.5, 0.6) is 0 Å². The summed E-state index contributed by atoms with van der Waals surface area (Å²) in [5.41, 5.74) is 14.1. The third kappa shape index (κ3) is 8.36. The van der Waals surface area contributed by atoms with Gasteiger partial charge in [0, 0.05) is 0 Å². The Morgan fingerprint density at radius 1 is 0.844 bits per heavy atom. The molecule has 2 unspecified atom stereocenters. The topological polar surface area (TPSA) is 121 Å². The molecule has 0 saturated heterocycles. The number of halogens is 7. The largest absolute Gasteiger partial charge is 0.468 e. The fourth-order valence-corrected chi connectivity index (χ4v) is 2.12. The molecule has 6 nitrogen and oxygen atoms in total. The molecular weight excluding hydrogens is 468 g/mol. The Morgan fingerprint density at radius 2 is 1.19 bits per heavy atom. The Hall–Kier alpha value is -2.83. The number of hydrogen-bond acceptors (Lipinski definition) is 5. The van der Waals surface area contributed by atoms with Crippen LogP contribution in [-0.2, 0) is 26.7 Å². The third-order valence-electron chi connectivity index (χ3n) is 3.84. The lowest BCUT2D eigenvalue weighted by Crippen LogP contribution is -2.28. The van der Waals surface area contributed by atoms with Crippen LogP contribution in [0.25, 0.3) is 0 Å². The smallest absolute Gasteiger partial charge is 0.416 e. The van der Waals surface area contributed by atoms with E-state index in [1.54, 1.807) is 0 Å². The molecule has 1 amide bonds. The van der Waals surface area contributed by atoms with Crippen LogP contribution < -0.4 is 17.2 Å². The van der Waals surface area contributed by atoms with Gasteiger partial charge in [0.1, 0.15) is 12.1 Å². The third-order valence-corrected chi connectivity index (χ3v) is 3.84. The summed E-state index contributed by atoms with van der Waals surface area (Å²) in [5.74, 6) is -1.83. The first kappa shape index (κ1) is 27.2. The Kier molecular flexibility index (Phi) is 9.94. The Morgan fingerprint density at radius 3 is 1.47 bits per heavy atom. The molecule has 2 aromatic carbocycles. The van der Waals surface area contributed by atoms with Crippen LogP contribution >= 0.6 is 12.4 Å². The van der Waals surface area contributed by atoms with Crippen molar-refractivity contribution >= 4 is 24.3 Å². The number of methoxy groups -OCH3 is 1. The van der Waals surface area contributed by atoms with Gasteiger partial charge in [-0.3, -0.25) is 9.59 Å². The first-order chi connectivity index (χ1) is 14.5. The van der Waals surface area contributed by atoms with E-state index >= 15 is 0 Å². The van der Waals surface area contributed by atoms with Crippen molar-refractivity contribution < 1.29 is 42.0 Å². The van der Waals surface area contributed by atoms with Crippen LogP contribution in [0.2, 0.25) is 0 Å². The summed E-state index contributed by atoms with van der Waals surface area (Å²) in [5, 5.41) is 0. The minimum Gasteiger partial charge on any atom is -0.468 e. The van der Waals surface area contributed by atoms with Crippen molar-refractivity contribution in [3.63, 3.8) is 0 Å². The highest BCUT2D eigenvalue weighted by atomic mass is 35.5. The average Bonchev–Trinajstić information content (AvgIpc) is 2.72. The quantitative estimate of drug-likeness (QED) is 0.449. The van der Waals surface area contributed by atoms with Gasteiger partial charge in [-0.2, -0.15) is 26.3 Å². The molecular formula is C19H20ClF6N3O3. The van der Waals surface area contributed by atoms with Crippen molar-refractivity contribution in [1.82, 2.24) is 0 Å². The van der Waals surface area contributed by atoms with Crippen molar-refractivity contribution in [1.29, 1.82) is 0 Å². The van der Waals surface area contributed by atoms with E-state index in [2.05, 4.69) is 4.74 Å². The minimum atomic E-state index is -4.47. The molecule has 0 spiro atoms. The van der Waals surface area contributed by atoms with Gasteiger partial charge in [0.05, 0.1) is 19.6 Å². The maximum atomic E-state index is 12.2. The van der Waals surface area contributed by atoms with E-state index in [0.717, 1.165) is 55.6 Å². The average molecular weight is 489 g/mol. The van der Waals surface area contributed by atoms with Gasteiger partial charge in [-0.15, -0.1) is 12.4 Å². The van der Waals surface area contributed by atoms with Crippen LogP contribution in [-0.4, -0.2) is 19.0 Å². The summed E-state index contributed by atoms with van der Waals surface area (Å²) in [7, 11) is 1.16. The Labute approximate surface area is 186 Å². The standard InChI is InChI=1S/C10H10F3NO2.C9H9F3N2O.ClH/c1-16-9(15)8(14)6-2-4-7(5-3-6)10(11,12)13;10-9(11,12)6-3-1-5(2-4-6)7(13)8(14)15;/h2-5,8H,14H2,1H3;1-4,7H,13H2,(H2,14,15);1H/i;7D;. The number of hydrogen-bond donors (Lipinski definition) is 3. The van der Waals surface area contributed by atoms with E-state index in [1.807, 2.05) is 0 Å². The number of primary amides is 1. The predicted molar refractivity (Wildman–Crippen MR) is 105 cm³/mol. The molecule has 2 atom stereocenters. The molecule has 0 aliphatic heterocycles. The second-order valence-corrected chi connectivity index (χ2v) is 5.97. The summed E-state index contributed by atoms with van der Waals surface area (Å²) >= 11 is 0. The number of alkyl halides is 6. The number of rotatable bonds is 4. The monoisotopic (exact) mass is 488 g/mol. The summed E-state index contributed by atoms with van der Waals surface area (Å²) in [6, 6.07) is 4.19. The van der Waals surface area contributed by atoms with Gasteiger partial charge in [-0.25, -0.2) is 0 Å². The van der Waals surface area contributed by atoms with E-state index < -0.39 is 47.4 Å². The molecule has 0 aromatic heterocycles. The maximum Gasteiger partial charge on any atom is 0.416 e. The molecule has 2 rings (SSSR count). The summed E-state index contributed by atoms with van der Waals surface area (Å²) < 4.78 is 85.0. The predicted octanol–water partition coefficient (Wildman–Crippen LogP) is 3.49. The molecule has 0 heterocycles. The van der Waals surface area contributed by atoms with Crippen molar-refractivity contribution in [3.05, 3.63) is 70.8 Å². The second kappa shape index (κ2) is 11.7. The van der Waals surface area contributed by atoms with Gasteiger partial charge in [0.25, 0.3) is 0 Å². The van der Waals surface area contributed by atoms with Crippen LogP contribution in [0.15, 0.2) is 48.5 Å². The van der Waals surface area contributed by atoms with Crippen LogP contribution in [0, 0.1) is 0 Å². The molecule has 0 fully saturated rings. The molecule has 0 radical (unpaired) electrons. The first-order valence-electron chi connectivity index (χ1n) is 8.79. The lowest BCUT2D eigenvalue weighted by molar-refractivity contribution is -0.142. The number of amides is 1. The Balaban J connectivity index is 0.000000602. The van der Waals surface area contributed by atoms with E-state index in [-0.39, 0.29) is 23.5 Å². The van der Waals surface area contributed by atoms with Crippen LogP contribution in [0.1, 0.15) is 35.7 Å². The van der Waals surface area contributed by atoms with Crippen molar-refractivity contribution in [2.24, 2.45) is 17.2 Å². The van der Waals surface area contributed by atoms with E-state index in [9.17, 15) is 35.9 Å². The summed E-state index contributed by atoms with van der Waals surface area (Å²) in [6.45, 7) is 0. The zero-order valence-electron chi connectivity index (χ0n) is 17.3. The van der Waals surface area contributed by atoms with Gasteiger partial charge in [-0.1, -0.05) is 24.3 Å². The zero-order valence-corrected chi connectivity index (χ0v) is 17.1. The van der Waals surface area contributed by atoms with Crippen molar-refractivity contribution in [3.8, 4) is 0 Å². The molecule has 2 aromatic rings. The molecule has 32 heavy (non-hydrogen) atoms. The second-order valence-electron chi connectivity index (χ2n) is 5.97. The lowest BCUT2D eigenvalue weighted by Gasteiger charge is -2.11. The maximum absolute atomic E-state index is 12.2. The molecule has 13 heteroatoms. The van der Waals surface area contributed by atoms with Crippen LogP contribution in [0.4, 0.5) is 26.3 Å². The van der Waals surface area contributed by atoms with Gasteiger partial charge < -0.3 is 21.9 Å². The number of ether oxygens (including phenoxy) is 1. The molecule has 0 saturated carbocycles. The zero-order chi connectivity index (χ0) is 24.9. The molecule has 0 aliphatic carbocycles. The highest BCUT2D eigenvalue weighted by Gasteiger charge is 2.31. The normalized spacial score (nSPS) is 14.5. The molecule has 0 bridgehead atoms. The SMILES string of the molecule is COC(=O)C(N)c1ccc(C(F)(F)F)cc1.Cl.[2H]C(N)(C(N)=O)c1ccc(C(F)(F)F)cc1.